The molecule has 2 aromatic rings. The second kappa shape index (κ2) is 6.66. The maximum atomic E-state index is 12.6. The lowest BCUT2D eigenvalue weighted by Gasteiger charge is -2.25. The van der Waals surface area contributed by atoms with Crippen molar-refractivity contribution in [2.75, 3.05) is 5.43 Å². The number of nitrogens with zero attached hydrogens (tertiary/aromatic N) is 3. The molecule has 0 bridgehead atoms. The van der Waals surface area contributed by atoms with E-state index in [-0.39, 0.29) is 23.6 Å². The summed E-state index contributed by atoms with van der Waals surface area (Å²) in [5.41, 5.74) is 4.40. The third-order valence-electron chi connectivity index (χ3n) is 4.00. The second-order valence-electron chi connectivity index (χ2n) is 5.78. The van der Waals surface area contributed by atoms with Crippen LogP contribution in [0.15, 0.2) is 46.4 Å². The fourth-order valence-electron chi connectivity index (χ4n) is 2.75. The molecule has 3 rings (SSSR count). The third-order valence-corrected chi connectivity index (χ3v) is 4.00. The van der Waals surface area contributed by atoms with Gasteiger partial charge in [-0.1, -0.05) is 18.2 Å². The Morgan fingerprint density at radius 3 is 2.88 bits per heavy atom. The van der Waals surface area contributed by atoms with E-state index in [9.17, 15) is 9.59 Å². The van der Waals surface area contributed by atoms with Gasteiger partial charge >= 0.3 is 5.97 Å². The first-order valence-electron chi connectivity index (χ1n) is 7.76. The summed E-state index contributed by atoms with van der Waals surface area (Å²) in [6.45, 7) is 1.93. The zero-order valence-corrected chi connectivity index (χ0v) is 13.3. The molecule has 1 aliphatic rings. The van der Waals surface area contributed by atoms with Crippen molar-refractivity contribution in [3.05, 3.63) is 58.3 Å². The molecule has 124 valence electrons. The lowest BCUT2D eigenvalue weighted by molar-refractivity contribution is -0.136. The molecule has 1 unspecified atom stereocenters. The van der Waals surface area contributed by atoms with E-state index in [0.717, 1.165) is 12.1 Å². The number of rotatable bonds is 4. The molecule has 0 aliphatic carbocycles. The van der Waals surface area contributed by atoms with Crippen LogP contribution in [0.1, 0.15) is 37.2 Å². The Kier molecular flexibility index (Phi) is 4.41. The fraction of sp³-hybridized carbons (Fsp3) is 0.294. The van der Waals surface area contributed by atoms with Crippen LogP contribution in [0.5, 0.6) is 0 Å². The van der Waals surface area contributed by atoms with Gasteiger partial charge in [0.1, 0.15) is 5.71 Å². The number of benzene rings is 1. The van der Waals surface area contributed by atoms with Gasteiger partial charge in [-0.25, -0.2) is 4.98 Å². The largest absolute Gasteiger partial charge is 0.481 e. The normalized spacial score (nSPS) is 18.2. The van der Waals surface area contributed by atoms with Gasteiger partial charge in [0.25, 0.3) is 5.56 Å². The van der Waals surface area contributed by atoms with Crippen LogP contribution in [0.4, 0.5) is 5.69 Å². The average Bonchev–Trinajstić information content (AvgIpc) is 2.57. The number of para-hydroxylation sites is 1. The first-order chi connectivity index (χ1) is 11.6. The zero-order valence-electron chi connectivity index (χ0n) is 13.3. The zero-order chi connectivity index (χ0) is 17.1. The van der Waals surface area contributed by atoms with E-state index in [2.05, 4.69) is 15.5 Å². The van der Waals surface area contributed by atoms with Gasteiger partial charge in [-0.2, -0.15) is 5.10 Å². The van der Waals surface area contributed by atoms with E-state index >= 15 is 0 Å². The fourth-order valence-corrected chi connectivity index (χ4v) is 2.75. The number of aliphatic carboxylic acids is 1. The Morgan fingerprint density at radius 2 is 2.17 bits per heavy atom. The lowest BCUT2D eigenvalue weighted by Crippen LogP contribution is -2.36. The molecular formula is C17H18N4O3. The Hall–Kier alpha value is -2.96. The molecular weight excluding hydrogens is 308 g/mol. The highest BCUT2D eigenvalue weighted by molar-refractivity contribution is 5.98. The first-order valence-corrected chi connectivity index (χ1v) is 7.76. The highest BCUT2D eigenvalue weighted by Crippen LogP contribution is 2.22. The summed E-state index contributed by atoms with van der Waals surface area (Å²) in [7, 11) is 0. The van der Waals surface area contributed by atoms with E-state index in [4.69, 9.17) is 5.11 Å². The predicted molar refractivity (Wildman–Crippen MR) is 90.4 cm³/mol. The van der Waals surface area contributed by atoms with E-state index in [0.29, 0.717) is 18.0 Å². The van der Waals surface area contributed by atoms with Crippen LogP contribution in [0, 0.1) is 0 Å². The first kappa shape index (κ1) is 15.9. The van der Waals surface area contributed by atoms with Crippen molar-refractivity contribution in [1.29, 1.82) is 0 Å². The number of anilines is 1. The molecule has 1 aromatic heterocycles. The van der Waals surface area contributed by atoms with Crippen LogP contribution in [0.25, 0.3) is 0 Å². The van der Waals surface area contributed by atoms with Crippen molar-refractivity contribution in [1.82, 2.24) is 9.55 Å². The van der Waals surface area contributed by atoms with Crippen LogP contribution < -0.4 is 11.0 Å². The van der Waals surface area contributed by atoms with Crippen molar-refractivity contribution < 1.29 is 9.90 Å². The molecule has 1 aliphatic heterocycles. The number of hydrogen-bond donors (Lipinski definition) is 2. The van der Waals surface area contributed by atoms with Crippen molar-refractivity contribution in [3.63, 3.8) is 0 Å². The van der Waals surface area contributed by atoms with Gasteiger partial charge in [0.05, 0.1) is 12.1 Å². The standard InChI is InChI=1S/C17H18N4O3/c1-11-7-8-14(20-19-13-5-3-2-4-6-13)16-18-10-12(9-15(22)23)17(24)21(11)16/h2-6,10-11,19H,7-9H2,1H3,(H,22,23). The number of carboxylic acid groups (broad SMARTS) is 1. The molecule has 1 aromatic carbocycles. The number of carbonyl (C=O) groups is 1. The van der Waals surface area contributed by atoms with Gasteiger partial charge in [-0.15, -0.1) is 0 Å². The van der Waals surface area contributed by atoms with Crippen LogP contribution in [0.2, 0.25) is 0 Å². The van der Waals surface area contributed by atoms with Gasteiger partial charge in [-0.3, -0.25) is 19.6 Å². The second-order valence-corrected chi connectivity index (χ2v) is 5.78. The molecule has 0 fully saturated rings. The summed E-state index contributed by atoms with van der Waals surface area (Å²) in [5.74, 6) is -0.547. The maximum absolute atomic E-state index is 12.6. The summed E-state index contributed by atoms with van der Waals surface area (Å²) in [6, 6.07) is 9.48. The molecule has 24 heavy (non-hydrogen) atoms. The van der Waals surface area contributed by atoms with Gasteiger partial charge in [0, 0.05) is 17.8 Å². The summed E-state index contributed by atoms with van der Waals surface area (Å²) < 4.78 is 1.55. The molecule has 7 heteroatoms. The van der Waals surface area contributed by atoms with E-state index in [1.807, 2.05) is 37.3 Å². The van der Waals surface area contributed by atoms with E-state index in [1.54, 1.807) is 4.57 Å². The quantitative estimate of drug-likeness (QED) is 0.838. The number of hydrogen-bond acceptors (Lipinski definition) is 5. The highest BCUT2D eigenvalue weighted by atomic mass is 16.4. The predicted octanol–water partition coefficient (Wildman–Crippen LogP) is 2.04. The molecule has 0 saturated carbocycles. The van der Waals surface area contributed by atoms with Crippen molar-refractivity contribution in [2.24, 2.45) is 5.10 Å². The minimum atomic E-state index is -1.04. The van der Waals surface area contributed by atoms with Crippen molar-refractivity contribution in [2.45, 2.75) is 32.2 Å². The number of carboxylic acids is 1. The Morgan fingerprint density at radius 1 is 1.42 bits per heavy atom. The van der Waals surface area contributed by atoms with Gasteiger partial charge < -0.3 is 5.11 Å². The molecule has 0 spiro atoms. The highest BCUT2D eigenvalue weighted by Gasteiger charge is 2.25. The Balaban J connectivity index is 1.97. The molecule has 2 heterocycles. The number of aromatic nitrogens is 2. The lowest BCUT2D eigenvalue weighted by atomic mass is 10.0. The maximum Gasteiger partial charge on any atom is 0.308 e. The van der Waals surface area contributed by atoms with Crippen LogP contribution in [-0.4, -0.2) is 26.3 Å². The van der Waals surface area contributed by atoms with Crippen LogP contribution in [-0.2, 0) is 11.2 Å². The third kappa shape index (κ3) is 3.19. The van der Waals surface area contributed by atoms with Crippen molar-refractivity contribution in [3.8, 4) is 0 Å². The summed E-state index contributed by atoms with van der Waals surface area (Å²) in [6.07, 6.45) is 2.47. The van der Waals surface area contributed by atoms with Crippen LogP contribution in [0.3, 0.4) is 0 Å². The molecule has 0 saturated heterocycles. The summed E-state index contributed by atoms with van der Waals surface area (Å²) in [5, 5.41) is 13.3. The average molecular weight is 326 g/mol. The van der Waals surface area contributed by atoms with Crippen LogP contribution >= 0.6 is 0 Å². The molecule has 0 radical (unpaired) electrons. The van der Waals surface area contributed by atoms with Gasteiger partial charge in [0.2, 0.25) is 0 Å². The molecule has 7 nitrogen and oxygen atoms in total. The SMILES string of the molecule is CC1CCC(=NNc2ccccc2)c2ncc(CC(=O)O)c(=O)n21. The Labute approximate surface area is 138 Å². The Bertz CT molecular complexity index is 843. The minimum Gasteiger partial charge on any atom is -0.481 e. The summed E-state index contributed by atoms with van der Waals surface area (Å²) >= 11 is 0. The van der Waals surface area contributed by atoms with E-state index in [1.165, 1.54) is 6.20 Å². The monoisotopic (exact) mass is 326 g/mol. The molecule has 2 N–H and O–H groups in total. The van der Waals surface area contributed by atoms with Gasteiger partial charge in [-0.05, 0) is 31.9 Å². The molecule has 0 amide bonds. The van der Waals surface area contributed by atoms with Gasteiger partial charge in [0.15, 0.2) is 5.82 Å². The molecule has 1 atom stereocenters. The minimum absolute atomic E-state index is 0.0376. The smallest absolute Gasteiger partial charge is 0.308 e. The summed E-state index contributed by atoms with van der Waals surface area (Å²) in [4.78, 5) is 27.8. The van der Waals surface area contributed by atoms with E-state index < -0.39 is 5.97 Å². The van der Waals surface area contributed by atoms with Crippen molar-refractivity contribution >= 4 is 17.4 Å². The number of nitrogens with one attached hydrogen (secondary N) is 1. The topological polar surface area (TPSA) is 96.6 Å². The number of fused-ring (bicyclic) bond motifs is 1. The number of hydrazone groups is 1.